The highest BCUT2D eigenvalue weighted by Gasteiger charge is 2.32. The lowest BCUT2D eigenvalue weighted by atomic mass is 9.82. The van der Waals surface area contributed by atoms with Crippen LogP contribution in [0.1, 0.15) is 31.2 Å². The first kappa shape index (κ1) is 24.0. The number of rotatable bonds is 9. The molecule has 3 rings (SSSR count). The minimum absolute atomic E-state index is 0.241. The third-order valence-electron chi connectivity index (χ3n) is 5.60. The van der Waals surface area contributed by atoms with Crippen molar-refractivity contribution in [1.82, 2.24) is 0 Å². The van der Waals surface area contributed by atoms with E-state index in [1.165, 1.54) is 0 Å². The molecule has 2 aromatic carbocycles. The van der Waals surface area contributed by atoms with Gasteiger partial charge in [0.05, 0.1) is 25.6 Å². The smallest absolute Gasteiger partial charge is 0.330 e. The molecule has 1 saturated carbocycles. The zero-order chi connectivity index (χ0) is 23.6. The van der Waals surface area contributed by atoms with Gasteiger partial charge in [-0.05, 0) is 55.5 Å². The number of methoxy groups -OCH3 is 1. The number of hydrogen-bond acceptors (Lipinski definition) is 7. The average molecular weight is 453 g/mol. The zero-order valence-electron chi connectivity index (χ0n) is 18.7. The molecule has 0 aromatic heterocycles. The van der Waals surface area contributed by atoms with Crippen molar-refractivity contribution in [2.75, 3.05) is 13.7 Å². The van der Waals surface area contributed by atoms with Gasteiger partial charge < -0.3 is 18.9 Å². The Bertz CT molecular complexity index is 972. The Morgan fingerprint density at radius 2 is 1.45 bits per heavy atom. The highest BCUT2D eigenvalue weighted by Crippen LogP contribution is 2.31. The Morgan fingerprint density at radius 3 is 2.03 bits per heavy atom. The van der Waals surface area contributed by atoms with E-state index in [2.05, 4.69) is 6.58 Å². The van der Waals surface area contributed by atoms with Crippen LogP contribution in [0.25, 0.3) is 0 Å². The fourth-order valence-corrected chi connectivity index (χ4v) is 3.68. The minimum Gasteiger partial charge on any atom is -0.497 e. The molecule has 0 bridgehead atoms. The maximum Gasteiger partial charge on any atom is 0.330 e. The molecule has 7 heteroatoms. The fourth-order valence-electron chi connectivity index (χ4n) is 3.68. The summed E-state index contributed by atoms with van der Waals surface area (Å²) in [4.78, 5) is 36.1. The largest absolute Gasteiger partial charge is 0.497 e. The van der Waals surface area contributed by atoms with Crippen LogP contribution in [0, 0.1) is 11.8 Å². The maximum absolute atomic E-state index is 12.6. The average Bonchev–Trinajstić information content (AvgIpc) is 2.85. The first-order chi connectivity index (χ1) is 16.0. The summed E-state index contributed by atoms with van der Waals surface area (Å²) in [5.41, 5.74) is 0.960. The molecular weight excluding hydrogens is 424 g/mol. The second-order valence-electron chi connectivity index (χ2n) is 7.84. The van der Waals surface area contributed by atoms with Gasteiger partial charge >= 0.3 is 17.9 Å². The van der Waals surface area contributed by atoms with Gasteiger partial charge in [-0.1, -0.05) is 24.8 Å². The standard InChI is InChI=1S/C26H28O7/c1-3-24(27)31-16-15-18-7-13-21(14-8-18)32-25(28)19-9-11-20(12-10-19)26(29)33-23-6-4-5-22(17-23)30-2/h3-8,13-14,17,19-20H,1,9-12,15-16H2,2H3. The lowest BCUT2D eigenvalue weighted by Gasteiger charge is -2.25. The van der Waals surface area contributed by atoms with Crippen LogP contribution >= 0.6 is 0 Å². The van der Waals surface area contributed by atoms with E-state index in [4.69, 9.17) is 18.9 Å². The van der Waals surface area contributed by atoms with E-state index in [9.17, 15) is 14.4 Å². The number of ether oxygens (including phenoxy) is 4. The van der Waals surface area contributed by atoms with Crippen LogP contribution in [-0.4, -0.2) is 31.6 Å². The van der Waals surface area contributed by atoms with Gasteiger partial charge in [-0.2, -0.15) is 0 Å². The third-order valence-corrected chi connectivity index (χ3v) is 5.60. The number of hydrogen-bond donors (Lipinski definition) is 0. The van der Waals surface area contributed by atoms with E-state index in [-0.39, 0.29) is 30.4 Å². The molecule has 0 aliphatic heterocycles. The predicted molar refractivity (Wildman–Crippen MR) is 121 cm³/mol. The molecule has 1 aliphatic rings. The van der Waals surface area contributed by atoms with Crippen LogP contribution in [0.2, 0.25) is 0 Å². The van der Waals surface area contributed by atoms with Crippen molar-refractivity contribution in [3.05, 3.63) is 66.7 Å². The first-order valence-electron chi connectivity index (χ1n) is 10.9. The lowest BCUT2D eigenvalue weighted by molar-refractivity contribution is -0.145. The predicted octanol–water partition coefficient (Wildman–Crippen LogP) is 4.28. The highest BCUT2D eigenvalue weighted by molar-refractivity contribution is 5.81. The molecule has 1 fully saturated rings. The van der Waals surface area contributed by atoms with Crippen molar-refractivity contribution >= 4 is 17.9 Å². The van der Waals surface area contributed by atoms with E-state index in [0.29, 0.717) is 49.4 Å². The van der Waals surface area contributed by atoms with Crippen LogP contribution in [0.3, 0.4) is 0 Å². The van der Waals surface area contributed by atoms with Crippen molar-refractivity contribution in [2.45, 2.75) is 32.1 Å². The van der Waals surface area contributed by atoms with Gasteiger partial charge in [0, 0.05) is 18.6 Å². The van der Waals surface area contributed by atoms with Crippen LogP contribution < -0.4 is 14.2 Å². The number of esters is 3. The normalized spacial score (nSPS) is 17.5. The van der Waals surface area contributed by atoms with Gasteiger partial charge in [0.15, 0.2) is 0 Å². The topological polar surface area (TPSA) is 88.1 Å². The fraction of sp³-hybridized carbons (Fsp3) is 0.346. The minimum atomic E-state index is -0.455. The van der Waals surface area contributed by atoms with Crippen LogP contribution in [0.4, 0.5) is 0 Å². The van der Waals surface area contributed by atoms with E-state index in [1.54, 1.807) is 43.5 Å². The molecule has 0 saturated heterocycles. The molecule has 7 nitrogen and oxygen atoms in total. The highest BCUT2D eigenvalue weighted by atomic mass is 16.5. The molecule has 33 heavy (non-hydrogen) atoms. The monoisotopic (exact) mass is 452 g/mol. The molecule has 174 valence electrons. The van der Waals surface area contributed by atoms with Crippen molar-refractivity contribution in [3.63, 3.8) is 0 Å². The van der Waals surface area contributed by atoms with Crippen molar-refractivity contribution < 1.29 is 33.3 Å². The van der Waals surface area contributed by atoms with E-state index in [1.807, 2.05) is 12.1 Å². The second-order valence-corrected chi connectivity index (χ2v) is 7.84. The summed E-state index contributed by atoms with van der Waals surface area (Å²) in [6.45, 7) is 3.61. The summed E-state index contributed by atoms with van der Waals surface area (Å²) in [6, 6.07) is 14.0. The summed E-state index contributed by atoms with van der Waals surface area (Å²) in [5, 5.41) is 0. The Balaban J connectivity index is 1.42. The number of benzene rings is 2. The van der Waals surface area contributed by atoms with Gasteiger partial charge in [-0.3, -0.25) is 9.59 Å². The quantitative estimate of drug-likeness (QED) is 0.319. The SMILES string of the molecule is C=CC(=O)OCCc1ccc(OC(=O)C2CCC(C(=O)Oc3cccc(OC)c3)CC2)cc1. The Labute approximate surface area is 193 Å². The summed E-state index contributed by atoms with van der Waals surface area (Å²) in [6.07, 6.45) is 3.98. The maximum atomic E-state index is 12.6. The Kier molecular flexibility index (Phi) is 8.63. The van der Waals surface area contributed by atoms with Gasteiger partial charge in [0.25, 0.3) is 0 Å². The zero-order valence-corrected chi connectivity index (χ0v) is 18.7. The molecule has 0 heterocycles. The van der Waals surface area contributed by atoms with Crippen molar-refractivity contribution in [1.29, 1.82) is 0 Å². The molecule has 0 amide bonds. The number of carbonyl (C=O) groups is 3. The summed E-state index contributed by atoms with van der Waals surface area (Å²) >= 11 is 0. The molecule has 0 N–H and O–H groups in total. The third kappa shape index (κ3) is 7.20. The Hall–Kier alpha value is -3.61. The summed E-state index contributed by atoms with van der Waals surface area (Å²) < 4.78 is 21.1. The second kappa shape index (κ2) is 11.9. The van der Waals surface area contributed by atoms with E-state index >= 15 is 0 Å². The number of carbonyl (C=O) groups excluding carboxylic acids is 3. The van der Waals surface area contributed by atoms with Crippen LogP contribution in [0.5, 0.6) is 17.2 Å². The van der Waals surface area contributed by atoms with E-state index < -0.39 is 5.97 Å². The van der Waals surface area contributed by atoms with Gasteiger partial charge in [0.2, 0.25) is 0 Å². The van der Waals surface area contributed by atoms with Gasteiger partial charge in [0.1, 0.15) is 17.2 Å². The van der Waals surface area contributed by atoms with Gasteiger partial charge in [-0.25, -0.2) is 4.79 Å². The molecule has 0 atom stereocenters. The lowest BCUT2D eigenvalue weighted by Crippen LogP contribution is -2.30. The molecular formula is C26H28O7. The molecule has 1 aliphatic carbocycles. The van der Waals surface area contributed by atoms with Crippen LogP contribution in [-0.2, 0) is 25.5 Å². The van der Waals surface area contributed by atoms with E-state index in [0.717, 1.165) is 11.6 Å². The van der Waals surface area contributed by atoms with Crippen molar-refractivity contribution in [3.8, 4) is 17.2 Å². The summed E-state index contributed by atoms with van der Waals surface area (Å²) in [7, 11) is 1.56. The molecule has 0 unspecified atom stereocenters. The van der Waals surface area contributed by atoms with Gasteiger partial charge in [-0.15, -0.1) is 0 Å². The van der Waals surface area contributed by atoms with Crippen LogP contribution in [0.15, 0.2) is 61.2 Å². The first-order valence-corrected chi connectivity index (χ1v) is 10.9. The Morgan fingerprint density at radius 1 is 0.879 bits per heavy atom. The summed E-state index contributed by atoms with van der Waals surface area (Å²) in [5.74, 6) is 0.0135. The molecule has 2 aromatic rings. The van der Waals surface area contributed by atoms with Crippen molar-refractivity contribution in [2.24, 2.45) is 11.8 Å². The molecule has 0 spiro atoms. The molecule has 0 radical (unpaired) electrons.